The molecule has 0 unspecified atom stereocenters. The zero-order valence-corrected chi connectivity index (χ0v) is 6.68. The maximum Gasteiger partial charge on any atom is 0.200 e. The van der Waals surface area contributed by atoms with E-state index in [1.54, 1.807) is 0 Å². The minimum Gasteiger partial charge on any atom is -0.369 e. The molecule has 3 heteroatoms. The van der Waals surface area contributed by atoms with Gasteiger partial charge in [0.1, 0.15) is 0 Å². The van der Waals surface area contributed by atoms with Crippen LogP contribution < -0.4 is 5.73 Å². The number of aromatic nitrogens is 2. The topological polar surface area (TPSA) is 43.8 Å². The van der Waals surface area contributed by atoms with Crippen molar-refractivity contribution >= 4 is 5.95 Å². The highest BCUT2D eigenvalue weighted by Gasteiger charge is 2.04. The van der Waals surface area contributed by atoms with E-state index in [1.165, 1.54) is 5.69 Å². The van der Waals surface area contributed by atoms with E-state index in [-0.39, 0.29) is 0 Å². The van der Waals surface area contributed by atoms with E-state index >= 15 is 0 Å². The lowest BCUT2D eigenvalue weighted by molar-refractivity contribution is 0.840. The van der Waals surface area contributed by atoms with Gasteiger partial charge >= 0.3 is 0 Å². The molecule has 3 nitrogen and oxygen atoms in total. The van der Waals surface area contributed by atoms with Gasteiger partial charge in [0.15, 0.2) is 5.95 Å². The second-order valence-electron chi connectivity index (χ2n) is 2.41. The molecular formula is C7H13N3. The van der Waals surface area contributed by atoms with E-state index in [4.69, 9.17) is 5.73 Å². The summed E-state index contributed by atoms with van der Waals surface area (Å²) in [4.78, 5) is 4.12. The van der Waals surface area contributed by atoms with Crippen LogP contribution in [0.1, 0.15) is 18.3 Å². The molecular weight excluding hydrogens is 126 g/mol. The Morgan fingerprint density at radius 2 is 2.20 bits per heavy atom. The summed E-state index contributed by atoms with van der Waals surface area (Å²) in [5, 5.41) is 0. The molecule has 1 aromatic rings. The number of hydrogen-bond acceptors (Lipinski definition) is 2. The summed E-state index contributed by atoms with van der Waals surface area (Å²) < 4.78 is 1.93. The molecule has 0 saturated heterocycles. The number of rotatable bonds is 1. The number of imidazole rings is 1. The quantitative estimate of drug-likeness (QED) is 0.627. The molecule has 0 fully saturated rings. The zero-order chi connectivity index (χ0) is 7.72. The highest BCUT2D eigenvalue weighted by Crippen LogP contribution is 2.10. The van der Waals surface area contributed by atoms with Crippen molar-refractivity contribution in [1.29, 1.82) is 0 Å². The van der Waals surface area contributed by atoms with Gasteiger partial charge in [-0.3, -0.25) is 0 Å². The smallest absolute Gasteiger partial charge is 0.200 e. The molecule has 1 heterocycles. The van der Waals surface area contributed by atoms with Crippen LogP contribution in [-0.4, -0.2) is 9.55 Å². The van der Waals surface area contributed by atoms with E-state index in [1.807, 2.05) is 18.5 Å². The summed E-state index contributed by atoms with van der Waals surface area (Å²) >= 11 is 0. The minimum atomic E-state index is 0.606. The van der Waals surface area contributed by atoms with Crippen LogP contribution >= 0.6 is 0 Å². The summed E-state index contributed by atoms with van der Waals surface area (Å²) in [7, 11) is 1.94. The molecule has 0 aliphatic heterocycles. The maximum absolute atomic E-state index is 5.57. The first-order valence-corrected chi connectivity index (χ1v) is 3.44. The predicted molar refractivity (Wildman–Crippen MR) is 41.7 cm³/mol. The van der Waals surface area contributed by atoms with Crippen LogP contribution in [0.5, 0.6) is 0 Å². The van der Waals surface area contributed by atoms with Gasteiger partial charge in [0.05, 0.1) is 5.69 Å². The molecule has 0 amide bonds. The van der Waals surface area contributed by atoms with Crippen molar-refractivity contribution in [2.24, 2.45) is 7.05 Å². The number of nitrogen functional groups attached to an aromatic ring is 1. The molecule has 0 aromatic carbocycles. The van der Waals surface area contributed by atoms with Gasteiger partial charge in [-0.25, -0.2) is 4.98 Å². The Labute approximate surface area is 60.9 Å². The van der Waals surface area contributed by atoms with Crippen LogP contribution in [0.2, 0.25) is 0 Å². The Bertz CT molecular complexity index is 237. The molecule has 1 aromatic heterocycles. The van der Waals surface area contributed by atoms with Gasteiger partial charge in [0.25, 0.3) is 0 Å². The summed E-state index contributed by atoms with van der Waals surface area (Å²) in [6.45, 7) is 4.08. The van der Waals surface area contributed by atoms with Gasteiger partial charge < -0.3 is 10.3 Å². The molecule has 0 bridgehead atoms. The summed E-state index contributed by atoms with van der Waals surface area (Å²) in [5.74, 6) is 0.606. The molecule has 0 aliphatic rings. The fraction of sp³-hybridized carbons (Fsp3) is 0.571. The van der Waals surface area contributed by atoms with Gasteiger partial charge in [-0.05, 0) is 13.3 Å². The minimum absolute atomic E-state index is 0.606. The van der Waals surface area contributed by atoms with Crippen molar-refractivity contribution in [3.05, 3.63) is 11.4 Å². The number of nitrogens with zero attached hydrogens (tertiary/aromatic N) is 2. The monoisotopic (exact) mass is 139 g/mol. The molecule has 0 atom stereocenters. The first kappa shape index (κ1) is 7.12. The Hall–Kier alpha value is -0.990. The van der Waals surface area contributed by atoms with Crippen LogP contribution in [-0.2, 0) is 13.5 Å². The number of aryl methyl sites for hydroxylation is 1. The number of nitrogens with two attached hydrogens (primary N) is 1. The fourth-order valence-corrected chi connectivity index (χ4v) is 1.19. The van der Waals surface area contributed by atoms with Crippen molar-refractivity contribution in [2.75, 3.05) is 5.73 Å². The van der Waals surface area contributed by atoms with E-state index in [0.29, 0.717) is 5.95 Å². The average molecular weight is 139 g/mol. The van der Waals surface area contributed by atoms with Crippen molar-refractivity contribution in [3.63, 3.8) is 0 Å². The van der Waals surface area contributed by atoms with Crippen LogP contribution in [0.25, 0.3) is 0 Å². The lowest BCUT2D eigenvalue weighted by Crippen LogP contribution is -2.00. The van der Waals surface area contributed by atoms with Crippen LogP contribution in [0.15, 0.2) is 0 Å². The van der Waals surface area contributed by atoms with E-state index in [2.05, 4.69) is 11.9 Å². The number of anilines is 1. The predicted octanol–water partition coefficient (Wildman–Crippen LogP) is 0.873. The lowest BCUT2D eigenvalue weighted by Gasteiger charge is -1.98. The third kappa shape index (κ3) is 0.875. The van der Waals surface area contributed by atoms with Crippen LogP contribution in [0.4, 0.5) is 5.95 Å². The Morgan fingerprint density at radius 1 is 1.60 bits per heavy atom. The first-order chi connectivity index (χ1) is 4.66. The van der Waals surface area contributed by atoms with Gasteiger partial charge in [-0.1, -0.05) is 6.92 Å². The fourth-order valence-electron chi connectivity index (χ4n) is 1.19. The molecule has 56 valence electrons. The molecule has 1 rings (SSSR count). The van der Waals surface area contributed by atoms with Gasteiger partial charge in [0, 0.05) is 12.7 Å². The van der Waals surface area contributed by atoms with Crippen molar-refractivity contribution in [2.45, 2.75) is 20.3 Å². The number of hydrogen-bond donors (Lipinski definition) is 1. The normalized spacial score (nSPS) is 10.3. The summed E-state index contributed by atoms with van der Waals surface area (Å²) in [6, 6.07) is 0. The summed E-state index contributed by atoms with van der Waals surface area (Å²) in [5.41, 5.74) is 7.83. The van der Waals surface area contributed by atoms with E-state index in [9.17, 15) is 0 Å². The molecule has 2 N–H and O–H groups in total. The summed E-state index contributed by atoms with van der Waals surface area (Å²) in [6.07, 6.45) is 0.993. The molecule has 0 spiro atoms. The zero-order valence-electron chi connectivity index (χ0n) is 6.68. The van der Waals surface area contributed by atoms with E-state index in [0.717, 1.165) is 12.1 Å². The van der Waals surface area contributed by atoms with Crippen molar-refractivity contribution in [1.82, 2.24) is 9.55 Å². The average Bonchev–Trinajstić information content (AvgIpc) is 2.09. The Balaban J connectivity index is 3.20. The molecule has 0 radical (unpaired) electrons. The third-order valence-electron chi connectivity index (χ3n) is 1.78. The molecule has 10 heavy (non-hydrogen) atoms. The van der Waals surface area contributed by atoms with Crippen molar-refractivity contribution in [3.8, 4) is 0 Å². The largest absolute Gasteiger partial charge is 0.369 e. The SMILES string of the molecule is CCc1c(C)nc(N)n1C. The lowest BCUT2D eigenvalue weighted by atomic mass is 10.3. The molecule has 0 saturated carbocycles. The highest BCUT2D eigenvalue weighted by molar-refractivity contribution is 5.27. The molecule has 0 aliphatic carbocycles. The second kappa shape index (κ2) is 2.33. The third-order valence-corrected chi connectivity index (χ3v) is 1.78. The first-order valence-electron chi connectivity index (χ1n) is 3.44. The van der Waals surface area contributed by atoms with Gasteiger partial charge in [-0.15, -0.1) is 0 Å². The Kier molecular flexibility index (Phi) is 1.66. The van der Waals surface area contributed by atoms with Gasteiger partial charge in [-0.2, -0.15) is 0 Å². The van der Waals surface area contributed by atoms with Crippen molar-refractivity contribution < 1.29 is 0 Å². The second-order valence-corrected chi connectivity index (χ2v) is 2.41. The van der Waals surface area contributed by atoms with E-state index < -0.39 is 0 Å². The van der Waals surface area contributed by atoms with Crippen LogP contribution in [0, 0.1) is 6.92 Å². The maximum atomic E-state index is 5.57. The van der Waals surface area contributed by atoms with Gasteiger partial charge in [0.2, 0.25) is 0 Å². The standard InChI is InChI=1S/C7H13N3/c1-4-6-5(2)9-7(8)10(6)3/h4H2,1-3H3,(H2,8,9). The Morgan fingerprint density at radius 3 is 2.40 bits per heavy atom. The van der Waals surface area contributed by atoms with Crippen LogP contribution in [0.3, 0.4) is 0 Å². The highest BCUT2D eigenvalue weighted by atomic mass is 15.1.